The molecule has 1 aromatic carbocycles. The van der Waals surface area contributed by atoms with Gasteiger partial charge in [0.05, 0.1) is 7.11 Å². The molecule has 7 nitrogen and oxygen atoms in total. The highest BCUT2D eigenvalue weighted by Crippen LogP contribution is 2.42. The molecule has 0 spiro atoms. The smallest absolute Gasteiger partial charge is 0.229 e. The molecule has 0 unspecified atom stereocenters. The van der Waals surface area contributed by atoms with Crippen LogP contribution in [0.2, 0.25) is 0 Å². The standard InChI is InChI=1S/C19H21N5O2/c1-11-8-18(20-2)23-19(21-11)22-13-6-7-16(25-3)14(9-13)15-10-17(26-24-15)12-4-5-12/h6-10,12H,4-5H2,1-3H3,(H2,20,21,22,23). The molecule has 1 saturated carbocycles. The number of benzene rings is 1. The van der Waals surface area contributed by atoms with Crippen molar-refractivity contribution in [3.63, 3.8) is 0 Å². The summed E-state index contributed by atoms with van der Waals surface area (Å²) in [5.74, 6) is 3.50. The van der Waals surface area contributed by atoms with E-state index in [0.717, 1.165) is 40.0 Å². The van der Waals surface area contributed by atoms with E-state index in [1.54, 1.807) is 7.11 Å². The fraction of sp³-hybridized carbons (Fsp3) is 0.316. The molecule has 2 N–H and O–H groups in total. The van der Waals surface area contributed by atoms with Gasteiger partial charge in [-0.1, -0.05) is 5.16 Å². The molecule has 134 valence electrons. The molecule has 26 heavy (non-hydrogen) atoms. The van der Waals surface area contributed by atoms with Gasteiger partial charge in [-0.15, -0.1) is 0 Å². The summed E-state index contributed by atoms with van der Waals surface area (Å²) in [7, 11) is 3.48. The molecule has 1 fully saturated rings. The van der Waals surface area contributed by atoms with E-state index in [2.05, 4.69) is 25.8 Å². The fourth-order valence-electron chi connectivity index (χ4n) is 2.84. The summed E-state index contributed by atoms with van der Waals surface area (Å²) in [4.78, 5) is 8.86. The van der Waals surface area contributed by atoms with Crippen molar-refractivity contribution in [1.29, 1.82) is 0 Å². The van der Waals surface area contributed by atoms with Crippen LogP contribution in [0.5, 0.6) is 5.75 Å². The Kier molecular flexibility index (Phi) is 4.20. The molecule has 0 amide bonds. The lowest BCUT2D eigenvalue weighted by Crippen LogP contribution is -2.02. The molecule has 0 saturated heterocycles. The van der Waals surface area contributed by atoms with Crippen molar-refractivity contribution in [3.05, 3.63) is 41.8 Å². The number of nitrogens with zero attached hydrogens (tertiary/aromatic N) is 3. The maximum absolute atomic E-state index is 5.50. The van der Waals surface area contributed by atoms with Gasteiger partial charge in [0.2, 0.25) is 5.95 Å². The van der Waals surface area contributed by atoms with Crippen LogP contribution in [0.1, 0.15) is 30.2 Å². The van der Waals surface area contributed by atoms with Crippen molar-refractivity contribution in [3.8, 4) is 17.0 Å². The molecule has 1 aliphatic rings. The molecule has 0 radical (unpaired) electrons. The highest BCUT2D eigenvalue weighted by molar-refractivity contribution is 5.73. The maximum atomic E-state index is 5.50. The summed E-state index contributed by atoms with van der Waals surface area (Å²) in [5, 5.41) is 10.5. The van der Waals surface area contributed by atoms with E-state index in [1.165, 1.54) is 12.8 Å². The molecule has 2 aromatic heterocycles. The predicted octanol–water partition coefficient (Wildman–Crippen LogP) is 4.11. The Morgan fingerprint density at radius 2 is 2.00 bits per heavy atom. The molecule has 1 aliphatic carbocycles. The highest BCUT2D eigenvalue weighted by Gasteiger charge is 2.28. The van der Waals surface area contributed by atoms with E-state index < -0.39 is 0 Å². The first kappa shape index (κ1) is 16.4. The number of ether oxygens (including phenoxy) is 1. The summed E-state index contributed by atoms with van der Waals surface area (Å²) < 4.78 is 11.0. The molecule has 0 aliphatic heterocycles. The van der Waals surface area contributed by atoms with Gasteiger partial charge in [0.1, 0.15) is 23.0 Å². The van der Waals surface area contributed by atoms with Gasteiger partial charge in [0.15, 0.2) is 0 Å². The van der Waals surface area contributed by atoms with Crippen LogP contribution in [-0.4, -0.2) is 29.3 Å². The SMILES string of the molecule is CNc1cc(C)nc(Nc2ccc(OC)c(-c3cc(C4CC4)on3)c2)n1. The Labute approximate surface area is 151 Å². The molecule has 4 rings (SSSR count). The summed E-state index contributed by atoms with van der Waals surface area (Å²) in [5.41, 5.74) is 3.37. The van der Waals surface area contributed by atoms with Crippen LogP contribution in [0.4, 0.5) is 17.5 Å². The monoisotopic (exact) mass is 351 g/mol. The second-order valence-corrected chi connectivity index (χ2v) is 6.40. The van der Waals surface area contributed by atoms with Crippen LogP contribution in [0.15, 0.2) is 34.9 Å². The van der Waals surface area contributed by atoms with Crippen LogP contribution in [0, 0.1) is 6.92 Å². The second kappa shape index (κ2) is 6.67. The molecule has 2 heterocycles. The normalized spacial score (nSPS) is 13.5. The van der Waals surface area contributed by atoms with Gasteiger partial charge in [-0.05, 0) is 38.0 Å². The van der Waals surface area contributed by atoms with E-state index in [-0.39, 0.29) is 0 Å². The quantitative estimate of drug-likeness (QED) is 0.691. The van der Waals surface area contributed by atoms with Crippen LogP contribution in [0.25, 0.3) is 11.3 Å². The molecule has 0 atom stereocenters. The van der Waals surface area contributed by atoms with E-state index >= 15 is 0 Å². The van der Waals surface area contributed by atoms with E-state index in [1.807, 2.05) is 44.3 Å². The second-order valence-electron chi connectivity index (χ2n) is 6.40. The number of rotatable bonds is 6. The van der Waals surface area contributed by atoms with Crippen molar-refractivity contribution >= 4 is 17.5 Å². The average Bonchev–Trinajstić information content (AvgIpc) is 3.38. The number of aromatic nitrogens is 3. The third-order valence-electron chi connectivity index (χ3n) is 4.35. The molecular weight excluding hydrogens is 330 g/mol. The number of hydrogen-bond donors (Lipinski definition) is 2. The van der Waals surface area contributed by atoms with E-state index in [4.69, 9.17) is 9.26 Å². The van der Waals surface area contributed by atoms with Gasteiger partial charge in [-0.25, -0.2) is 4.98 Å². The van der Waals surface area contributed by atoms with Gasteiger partial charge in [-0.3, -0.25) is 0 Å². The fourth-order valence-corrected chi connectivity index (χ4v) is 2.84. The Morgan fingerprint density at radius 1 is 1.15 bits per heavy atom. The van der Waals surface area contributed by atoms with Gasteiger partial charge < -0.3 is 19.9 Å². The van der Waals surface area contributed by atoms with Crippen molar-refractivity contribution in [2.24, 2.45) is 0 Å². The molecule has 0 bridgehead atoms. The molecule has 3 aromatic rings. The first-order valence-electron chi connectivity index (χ1n) is 8.62. The zero-order chi connectivity index (χ0) is 18.1. The van der Waals surface area contributed by atoms with Crippen molar-refractivity contribution in [1.82, 2.24) is 15.1 Å². The largest absolute Gasteiger partial charge is 0.496 e. The maximum Gasteiger partial charge on any atom is 0.229 e. The minimum absolute atomic E-state index is 0.518. The van der Waals surface area contributed by atoms with Crippen molar-refractivity contribution < 1.29 is 9.26 Å². The number of methoxy groups -OCH3 is 1. The van der Waals surface area contributed by atoms with Gasteiger partial charge in [0.25, 0.3) is 0 Å². The van der Waals surface area contributed by atoms with E-state index in [0.29, 0.717) is 11.9 Å². The predicted molar refractivity (Wildman–Crippen MR) is 100 cm³/mol. The number of anilines is 3. The van der Waals surface area contributed by atoms with Crippen LogP contribution >= 0.6 is 0 Å². The lowest BCUT2D eigenvalue weighted by atomic mass is 10.1. The number of hydrogen-bond acceptors (Lipinski definition) is 7. The Bertz CT molecular complexity index is 933. The Morgan fingerprint density at radius 3 is 2.73 bits per heavy atom. The van der Waals surface area contributed by atoms with Crippen LogP contribution < -0.4 is 15.4 Å². The van der Waals surface area contributed by atoms with Gasteiger partial charge >= 0.3 is 0 Å². The lowest BCUT2D eigenvalue weighted by molar-refractivity contribution is 0.385. The highest BCUT2D eigenvalue weighted by atomic mass is 16.5. The average molecular weight is 351 g/mol. The molecule has 7 heteroatoms. The van der Waals surface area contributed by atoms with Crippen molar-refractivity contribution in [2.45, 2.75) is 25.7 Å². The summed E-state index contributed by atoms with van der Waals surface area (Å²) in [6.45, 7) is 1.93. The van der Waals surface area contributed by atoms with E-state index in [9.17, 15) is 0 Å². The minimum Gasteiger partial charge on any atom is -0.496 e. The van der Waals surface area contributed by atoms with Crippen molar-refractivity contribution in [2.75, 3.05) is 24.8 Å². The topological polar surface area (TPSA) is 85.1 Å². The Balaban J connectivity index is 1.66. The third kappa shape index (κ3) is 3.33. The summed E-state index contributed by atoms with van der Waals surface area (Å²) >= 11 is 0. The minimum atomic E-state index is 0.518. The first-order chi connectivity index (χ1) is 12.7. The Hall–Kier alpha value is -3.09. The zero-order valence-electron chi connectivity index (χ0n) is 15.0. The summed E-state index contributed by atoms with van der Waals surface area (Å²) in [6.07, 6.45) is 2.34. The number of nitrogens with one attached hydrogen (secondary N) is 2. The zero-order valence-corrected chi connectivity index (χ0v) is 15.0. The van der Waals surface area contributed by atoms with Gasteiger partial charge in [-0.2, -0.15) is 4.98 Å². The first-order valence-corrected chi connectivity index (χ1v) is 8.62. The summed E-state index contributed by atoms with van der Waals surface area (Å²) in [6, 6.07) is 9.69. The third-order valence-corrected chi connectivity index (χ3v) is 4.35. The van der Waals surface area contributed by atoms with Crippen LogP contribution in [-0.2, 0) is 0 Å². The lowest BCUT2D eigenvalue weighted by Gasteiger charge is -2.11. The van der Waals surface area contributed by atoms with Crippen LogP contribution in [0.3, 0.4) is 0 Å². The number of aryl methyl sites for hydroxylation is 1. The molecular formula is C19H21N5O2. The van der Waals surface area contributed by atoms with Gasteiger partial charge in [0, 0.05) is 42.0 Å².